The fourth-order valence-corrected chi connectivity index (χ4v) is 2.03. The van der Waals surface area contributed by atoms with Crippen LogP contribution in [-0.2, 0) is 28.5 Å². The Morgan fingerprint density at radius 2 is 1.06 bits per heavy atom. The van der Waals surface area contributed by atoms with Crippen molar-refractivity contribution in [2.75, 3.05) is 46.2 Å². The summed E-state index contributed by atoms with van der Waals surface area (Å²) in [4.78, 5) is 22.6. The molecule has 12 heteroatoms. The number of esters is 2. The molecule has 0 saturated carbocycles. The molecule has 0 unspecified atom stereocenters. The summed E-state index contributed by atoms with van der Waals surface area (Å²) in [6.45, 7) is 2.77. The fourth-order valence-electron chi connectivity index (χ4n) is 2.03. The lowest BCUT2D eigenvalue weighted by Gasteiger charge is -2.09. The van der Waals surface area contributed by atoms with E-state index in [0.717, 1.165) is 0 Å². The van der Waals surface area contributed by atoms with Gasteiger partial charge in [-0.2, -0.15) is 8.78 Å². The van der Waals surface area contributed by atoms with Crippen LogP contribution in [0.15, 0.2) is 0 Å². The molecule has 0 radical (unpaired) electrons. The molecule has 0 aliphatic carbocycles. The Morgan fingerprint density at radius 3 is 1.58 bits per heavy atom. The van der Waals surface area contributed by atoms with Crippen LogP contribution in [0.3, 0.4) is 0 Å². The SMILES string of the molecule is CCCC(=O)OCCOCCOCCOCCC(=O)Oc1c(F)c(F)c(F)c(F)c1F. The van der Waals surface area contributed by atoms with E-state index in [-0.39, 0.29) is 52.2 Å². The topological polar surface area (TPSA) is 80.3 Å². The van der Waals surface area contributed by atoms with Gasteiger partial charge in [-0.25, -0.2) is 13.2 Å². The second kappa shape index (κ2) is 14.7. The zero-order valence-electron chi connectivity index (χ0n) is 16.8. The highest BCUT2D eigenvalue weighted by Gasteiger charge is 2.28. The van der Waals surface area contributed by atoms with Gasteiger partial charge in [0.15, 0.2) is 0 Å². The molecule has 1 aromatic carbocycles. The van der Waals surface area contributed by atoms with Gasteiger partial charge in [0.1, 0.15) is 6.61 Å². The molecule has 1 aromatic rings. The summed E-state index contributed by atoms with van der Waals surface area (Å²) >= 11 is 0. The van der Waals surface area contributed by atoms with Gasteiger partial charge in [0.2, 0.25) is 34.8 Å². The highest BCUT2D eigenvalue weighted by Crippen LogP contribution is 2.29. The molecule has 31 heavy (non-hydrogen) atoms. The minimum atomic E-state index is -2.35. The van der Waals surface area contributed by atoms with Crippen LogP contribution in [-0.4, -0.2) is 58.2 Å². The Balaban J connectivity index is 2.09. The Morgan fingerprint density at radius 1 is 0.613 bits per heavy atom. The lowest BCUT2D eigenvalue weighted by molar-refractivity contribution is -0.145. The van der Waals surface area contributed by atoms with Crippen LogP contribution in [0.4, 0.5) is 22.0 Å². The van der Waals surface area contributed by atoms with Gasteiger partial charge in [0.25, 0.3) is 0 Å². The number of rotatable bonds is 15. The van der Waals surface area contributed by atoms with Gasteiger partial charge in [-0.15, -0.1) is 0 Å². The molecular weight excluding hydrogens is 435 g/mol. The van der Waals surface area contributed by atoms with Crippen molar-refractivity contribution >= 4 is 11.9 Å². The molecule has 0 fully saturated rings. The number of hydrogen-bond acceptors (Lipinski definition) is 7. The number of carbonyl (C=O) groups excluding carboxylic acids is 2. The quantitative estimate of drug-likeness (QED) is 0.0998. The number of halogens is 5. The maximum absolute atomic E-state index is 13.4. The molecule has 0 N–H and O–H groups in total. The normalized spacial score (nSPS) is 10.9. The van der Waals surface area contributed by atoms with Crippen molar-refractivity contribution in [1.29, 1.82) is 0 Å². The van der Waals surface area contributed by atoms with E-state index < -0.39 is 47.2 Å². The zero-order valence-corrected chi connectivity index (χ0v) is 16.8. The van der Waals surface area contributed by atoms with Crippen LogP contribution < -0.4 is 4.74 Å². The standard InChI is InChI=1S/C19H23F5O7/c1-2-3-12(25)30-11-10-29-9-8-28-7-6-27-5-4-13(26)31-19-17(23)15(21)14(20)16(22)18(19)24/h2-11H2,1H3. The number of benzene rings is 1. The van der Waals surface area contributed by atoms with Gasteiger partial charge < -0.3 is 23.7 Å². The lowest BCUT2D eigenvalue weighted by Crippen LogP contribution is -2.16. The molecule has 0 aliphatic heterocycles. The lowest BCUT2D eigenvalue weighted by atomic mass is 10.2. The Hall–Kier alpha value is -2.31. The van der Waals surface area contributed by atoms with Crippen molar-refractivity contribution in [3.8, 4) is 5.75 Å². The van der Waals surface area contributed by atoms with Crippen LogP contribution in [0.1, 0.15) is 26.2 Å². The molecule has 0 bridgehead atoms. The molecule has 0 aromatic heterocycles. The van der Waals surface area contributed by atoms with Crippen LogP contribution in [0, 0.1) is 29.1 Å². The van der Waals surface area contributed by atoms with E-state index in [9.17, 15) is 31.5 Å². The zero-order chi connectivity index (χ0) is 23.2. The van der Waals surface area contributed by atoms with Crippen LogP contribution >= 0.6 is 0 Å². The minimum Gasteiger partial charge on any atom is -0.463 e. The summed E-state index contributed by atoms with van der Waals surface area (Å²) < 4.78 is 90.3. The van der Waals surface area contributed by atoms with Gasteiger partial charge >= 0.3 is 11.9 Å². The van der Waals surface area contributed by atoms with Crippen molar-refractivity contribution in [1.82, 2.24) is 0 Å². The number of ether oxygens (including phenoxy) is 5. The maximum Gasteiger partial charge on any atom is 0.313 e. The Bertz CT molecular complexity index is 701. The maximum atomic E-state index is 13.4. The third-order valence-corrected chi connectivity index (χ3v) is 3.52. The van der Waals surface area contributed by atoms with Gasteiger partial charge in [-0.05, 0) is 6.42 Å². The summed E-state index contributed by atoms with van der Waals surface area (Å²) in [5.74, 6) is -14.4. The van der Waals surface area contributed by atoms with Crippen molar-refractivity contribution < 1.29 is 55.2 Å². The minimum absolute atomic E-state index is 0.0738. The van der Waals surface area contributed by atoms with Crippen molar-refractivity contribution in [3.05, 3.63) is 29.1 Å². The van der Waals surface area contributed by atoms with Crippen LogP contribution in [0.25, 0.3) is 0 Å². The molecule has 0 amide bonds. The molecular formula is C19H23F5O7. The molecule has 1 rings (SSSR count). The van der Waals surface area contributed by atoms with E-state index in [1.807, 2.05) is 6.92 Å². The first-order valence-corrected chi connectivity index (χ1v) is 9.40. The Labute approximate surface area is 175 Å². The first kappa shape index (κ1) is 26.7. The van der Waals surface area contributed by atoms with E-state index >= 15 is 0 Å². The summed E-state index contributed by atoms with van der Waals surface area (Å²) in [6.07, 6.45) is 0.583. The van der Waals surface area contributed by atoms with Gasteiger partial charge in [0.05, 0.1) is 46.1 Å². The van der Waals surface area contributed by atoms with Gasteiger partial charge in [-0.3, -0.25) is 9.59 Å². The molecule has 0 spiro atoms. The average Bonchev–Trinajstić information content (AvgIpc) is 2.75. The molecule has 176 valence electrons. The van der Waals surface area contributed by atoms with Crippen molar-refractivity contribution in [3.63, 3.8) is 0 Å². The highest BCUT2D eigenvalue weighted by atomic mass is 19.2. The second-order valence-electron chi connectivity index (χ2n) is 5.93. The van der Waals surface area contributed by atoms with Gasteiger partial charge in [-0.1, -0.05) is 6.92 Å². The molecule has 0 atom stereocenters. The van der Waals surface area contributed by atoms with E-state index in [4.69, 9.17) is 18.9 Å². The van der Waals surface area contributed by atoms with E-state index in [0.29, 0.717) is 12.8 Å². The average molecular weight is 458 g/mol. The third kappa shape index (κ3) is 9.57. The Kier molecular flexibility index (Phi) is 12.6. The summed E-state index contributed by atoms with van der Waals surface area (Å²) in [6, 6.07) is 0. The fraction of sp³-hybridized carbons (Fsp3) is 0.579. The van der Waals surface area contributed by atoms with E-state index in [1.54, 1.807) is 0 Å². The summed E-state index contributed by atoms with van der Waals surface area (Å²) in [7, 11) is 0. The second-order valence-corrected chi connectivity index (χ2v) is 5.93. The third-order valence-electron chi connectivity index (χ3n) is 3.52. The van der Waals surface area contributed by atoms with Crippen LogP contribution in [0.5, 0.6) is 5.75 Å². The summed E-state index contributed by atoms with van der Waals surface area (Å²) in [5.41, 5.74) is 0. The smallest absolute Gasteiger partial charge is 0.313 e. The number of carbonyl (C=O) groups is 2. The molecule has 0 aliphatic rings. The first-order chi connectivity index (χ1) is 14.8. The predicted molar refractivity (Wildman–Crippen MR) is 94.8 cm³/mol. The largest absolute Gasteiger partial charge is 0.463 e. The predicted octanol–water partition coefficient (Wildman–Crippen LogP) is 3.07. The van der Waals surface area contributed by atoms with Crippen molar-refractivity contribution in [2.45, 2.75) is 26.2 Å². The van der Waals surface area contributed by atoms with E-state index in [2.05, 4.69) is 4.74 Å². The monoisotopic (exact) mass is 458 g/mol. The molecule has 7 nitrogen and oxygen atoms in total. The van der Waals surface area contributed by atoms with Gasteiger partial charge in [0, 0.05) is 6.42 Å². The number of hydrogen-bond donors (Lipinski definition) is 0. The first-order valence-electron chi connectivity index (χ1n) is 9.40. The molecule has 0 heterocycles. The highest BCUT2D eigenvalue weighted by molar-refractivity contribution is 5.72. The van der Waals surface area contributed by atoms with Crippen LogP contribution in [0.2, 0.25) is 0 Å². The molecule has 0 saturated heterocycles. The van der Waals surface area contributed by atoms with Crippen molar-refractivity contribution in [2.24, 2.45) is 0 Å². The van der Waals surface area contributed by atoms with E-state index in [1.165, 1.54) is 0 Å². The summed E-state index contributed by atoms with van der Waals surface area (Å²) in [5, 5.41) is 0.